The van der Waals surface area contributed by atoms with Gasteiger partial charge in [0, 0.05) is 16.6 Å². The molecule has 0 aliphatic rings. The van der Waals surface area contributed by atoms with E-state index in [2.05, 4.69) is 10.0 Å². The predicted molar refractivity (Wildman–Crippen MR) is 123 cm³/mol. The summed E-state index contributed by atoms with van der Waals surface area (Å²) in [5, 5.41) is 22.1. The maximum Gasteiger partial charge on any atom is 0.322 e. The van der Waals surface area contributed by atoms with Gasteiger partial charge in [-0.3, -0.25) is 14.9 Å². The Bertz CT molecular complexity index is 1050. The summed E-state index contributed by atoms with van der Waals surface area (Å²) in [5.74, 6) is -2.57. The largest absolute Gasteiger partial charge is 0.480 e. The molecule has 0 saturated heterocycles. The first-order valence-electron chi connectivity index (χ1n) is 9.67. The average Bonchev–Trinajstić information content (AvgIpc) is 2.69. The number of carbonyl (C=O) groups is 2. The molecule has 8 nitrogen and oxygen atoms in total. The van der Waals surface area contributed by atoms with Crippen LogP contribution in [-0.4, -0.2) is 49.2 Å². The first-order valence-corrected chi connectivity index (χ1v) is 11.9. The molecule has 2 rings (SSSR count). The van der Waals surface area contributed by atoms with Crippen LogP contribution in [0.1, 0.15) is 20.3 Å². The Morgan fingerprint density at radius 3 is 1.91 bits per heavy atom. The quantitative estimate of drug-likeness (QED) is 0.369. The van der Waals surface area contributed by atoms with E-state index in [0.29, 0.717) is 21.2 Å². The molecule has 0 radical (unpaired) electrons. The van der Waals surface area contributed by atoms with Gasteiger partial charge in [0.15, 0.2) is 0 Å². The van der Waals surface area contributed by atoms with Crippen LogP contribution in [0.5, 0.6) is 0 Å². The van der Waals surface area contributed by atoms with Gasteiger partial charge in [-0.2, -0.15) is 0 Å². The molecule has 0 fully saturated rings. The van der Waals surface area contributed by atoms with E-state index in [1.54, 1.807) is 44.2 Å². The number of hydrogen-bond donors (Lipinski definition) is 4. The van der Waals surface area contributed by atoms with E-state index in [4.69, 9.17) is 23.2 Å². The monoisotopic (exact) mass is 502 g/mol. The zero-order valence-corrected chi connectivity index (χ0v) is 19.7. The van der Waals surface area contributed by atoms with Gasteiger partial charge in [0.05, 0.1) is 4.90 Å². The Kier molecular flexibility index (Phi) is 9.06. The van der Waals surface area contributed by atoms with Gasteiger partial charge in [-0.25, -0.2) is 13.1 Å². The van der Waals surface area contributed by atoms with Crippen molar-refractivity contribution >= 4 is 45.2 Å². The molecule has 0 amide bonds. The second-order valence-electron chi connectivity index (χ2n) is 7.61. The molecule has 0 heterocycles. The first-order chi connectivity index (χ1) is 14.9. The third-order valence-corrected chi connectivity index (χ3v) is 6.42. The van der Waals surface area contributed by atoms with E-state index in [0.717, 1.165) is 0 Å². The minimum Gasteiger partial charge on any atom is -0.480 e. The van der Waals surface area contributed by atoms with Crippen LogP contribution >= 0.6 is 23.2 Å². The van der Waals surface area contributed by atoms with Crippen molar-refractivity contribution in [3.05, 3.63) is 52.5 Å². The summed E-state index contributed by atoms with van der Waals surface area (Å²) in [4.78, 5) is 22.9. The van der Waals surface area contributed by atoms with Gasteiger partial charge >= 0.3 is 11.9 Å². The molecule has 4 N–H and O–H groups in total. The van der Waals surface area contributed by atoms with Crippen LogP contribution in [0.25, 0.3) is 11.1 Å². The summed E-state index contributed by atoms with van der Waals surface area (Å²) in [5.41, 5.74) is 1.40. The summed E-state index contributed by atoms with van der Waals surface area (Å²) >= 11 is 12.0. The molecular formula is C21H24Cl2N2O6S. The Balaban J connectivity index is 2.13. The zero-order valence-electron chi connectivity index (χ0n) is 17.4. The van der Waals surface area contributed by atoms with E-state index >= 15 is 0 Å². The number of halogens is 2. The van der Waals surface area contributed by atoms with Crippen LogP contribution in [0.3, 0.4) is 0 Å². The lowest BCUT2D eigenvalue weighted by atomic mass is 10.0. The smallest absolute Gasteiger partial charge is 0.322 e. The highest BCUT2D eigenvalue weighted by molar-refractivity contribution is 7.89. The van der Waals surface area contributed by atoms with Gasteiger partial charge in [-0.05, 0) is 53.8 Å². The van der Waals surface area contributed by atoms with Crippen LogP contribution in [0.2, 0.25) is 10.0 Å². The summed E-state index contributed by atoms with van der Waals surface area (Å²) in [6, 6.07) is 8.31. The van der Waals surface area contributed by atoms with Crippen LogP contribution in [-0.2, 0) is 19.6 Å². The minimum atomic E-state index is -4.04. The second kappa shape index (κ2) is 11.1. The fourth-order valence-electron chi connectivity index (χ4n) is 3.00. The third kappa shape index (κ3) is 7.46. The number of rotatable bonds is 11. The average molecular weight is 503 g/mol. The molecule has 32 heavy (non-hydrogen) atoms. The maximum atomic E-state index is 12.6. The number of aliphatic carboxylic acids is 2. The van der Waals surface area contributed by atoms with Crippen molar-refractivity contribution in [3.8, 4) is 11.1 Å². The molecule has 0 saturated carbocycles. The van der Waals surface area contributed by atoms with Crippen molar-refractivity contribution in [1.82, 2.24) is 10.0 Å². The van der Waals surface area contributed by atoms with Crippen LogP contribution < -0.4 is 10.0 Å². The zero-order chi connectivity index (χ0) is 24.1. The third-order valence-electron chi connectivity index (χ3n) is 4.54. The number of sulfonamides is 1. The van der Waals surface area contributed by atoms with Crippen molar-refractivity contribution in [3.63, 3.8) is 0 Å². The molecule has 0 spiro atoms. The van der Waals surface area contributed by atoms with Crippen molar-refractivity contribution in [2.45, 2.75) is 37.2 Å². The highest BCUT2D eigenvalue weighted by Gasteiger charge is 2.28. The lowest BCUT2D eigenvalue weighted by molar-refractivity contribution is -0.142. The number of benzene rings is 2. The molecule has 2 aromatic rings. The van der Waals surface area contributed by atoms with Crippen LogP contribution in [0.4, 0.5) is 0 Å². The standard InChI is InChI=1S/C21H24Cl2N2O6S/c1-12(2)7-18(20(26)27)25-19(21(28)29)11-24-32(30,31)17-5-3-13(4-6-17)14-8-15(22)10-16(23)9-14/h3-6,8-10,12,18-19,24-25H,7,11H2,1-2H3,(H,26,27)(H,28,29)/t18-,19-/m0/s1. The molecule has 0 bridgehead atoms. The molecule has 0 aromatic heterocycles. The molecule has 2 aromatic carbocycles. The fraction of sp³-hybridized carbons (Fsp3) is 0.333. The SMILES string of the molecule is CC(C)C[C@H](N[C@@H](CNS(=O)(=O)c1ccc(-c2cc(Cl)cc(Cl)c2)cc1)C(=O)O)C(=O)O. The summed E-state index contributed by atoms with van der Waals surface area (Å²) in [6.45, 7) is 3.08. The van der Waals surface area contributed by atoms with Gasteiger partial charge in [-0.1, -0.05) is 49.2 Å². The molecule has 2 atom stereocenters. The van der Waals surface area contributed by atoms with E-state index < -0.39 is 40.6 Å². The van der Waals surface area contributed by atoms with Crippen LogP contribution in [0.15, 0.2) is 47.4 Å². The molecule has 0 aliphatic carbocycles. The molecule has 0 aliphatic heterocycles. The number of carboxylic acid groups (broad SMARTS) is 2. The normalized spacial score (nSPS) is 13.7. The Hall–Kier alpha value is -2.17. The summed E-state index contributed by atoms with van der Waals surface area (Å²) in [7, 11) is -4.04. The van der Waals surface area contributed by atoms with E-state index in [1.807, 2.05) is 0 Å². The number of carboxylic acids is 2. The van der Waals surface area contributed by atoms with Crippen molar-refractivity contribution in [2.24, 2.45) is 5.92 Å². The minimum absolute atomic E-state index is 0.00243. The highest BCUT2D eigenvalue weighted by atomic mass is 35.5. The summed E-state index contributed by atoms with van der Waals surface area (Å²) < 4.78 is 27.5. The van der Waals surface area contributed by atoms with E-state index in [9.17, 15) is 28.2 Å². The number of nitrogens with one attached hydrogen (secondary N) is 2. The Labute approximate surface area is 196 Å². The van der Waals surface area contributed by atoms with Gasteiger partial charge in [0.1, 0.15) is 12.1 Å². The topological polar surface area (TPSA) is 133 Å². The van der Waals surface area contributed by atoms with E-state index in [1.165, 1.54) is 12.1 Å². The van der Waals surface area contributed by atoms with Crippen molar-refractivity contribution in [2.75, 3.05) is 6.54 Å². The van der Waals surface area contributed by atoms with Gasteiger partial charge in [0.2, 0.25) is 10.0 Å². The van der Waals surface area contributed by atoms with Crippen molar-refractivity contribution in [1.29, 1.82) is 0 Å². The lowest BCUT2D eigenvalue weighted by Crippen LogP contribution is -2.52. The predicted octanol–water partition coefficient (Wildman–Crippen LogP) is 3.48. The maximum absolute atomic E-state index is 12.6. The molecule has 174 valence electrons. The van der Waals surface area contributed by atoms with Gasteiger partial charge < -0.3 is 10.2 Å². The molecule has 0 unspecified atom stereocenters. The Morgan fingerprint density at radius 2 is 1.44 bits per heavy atom. The van der Waals surface area contributed by atoms with Gasteiger partial charge in [-0.15, -0.1) is 0 Å². The molecule has 11 heteroatoms. The van der Waals surface area contributed by atoms with Crippen molar-refractivity contribution < 1.29 is 28.2 Å². The highest BCUT2D eigenvalue weighted by Crippen LogP contribution is 2.28. The van der Waals surface area contributed by atoms with Gasteiger partial charge in [0.25, 0.3) is 0 Å². The first kappa shape index (κ1) is 26.1. The second-order valence-corrected chi connectivity index (χ2v) is 10.3. The number of hydrogen-bond acceptors (Lipinski definition) is 5. The molecular weight excluding hydrogens is 479 g/mol. The van der Waals surface area contributed by atoms with Crippen LogP contribution in [0, 0.1) is 5.92 Å². The van der Waals surface area contributed by atoms with E-state index in [-0.39, 0.29) is 17.2 Å². The Morgan fingerprint density at radius 1 is 0.906 bits per heavy atom. The lowest BCUT2D eigenvalue weighted by Gasteiger charge is -2.22. The fourth-order valence-corrected chi connectivity index (χ4v) is 4.57. The summed E-state index contributed by atoms with van der Waals surface area (Å²) in [6.07, 6.45) is 0.195.